The highest BCUT2D eigenvalue weighted by molar-refractivity contribution is 7.80. The summed E-state index contributed by atoms with van der Waals surface area (Å²) >= 11 is 5.19. The van der Waals surface area contributed by atoms with Crippen LogP contribution in [0.3, 0.4) is 0 Å². The van der Waals surface area contributed by atoms with E-state index in [1.54, 1.807) is 49.5 Å². The summed E-state index contributed by atoms with van der Waals surface area (Å²) in [5.41, 5.74) is 2.26. The van der Waals surface area contributed by atoms with Crippen LogP contribution in [0.4, 0.5) is 11.4 Å². The van der Waals surface area contributed by atoms with Gasteiger partial charge < -0.3 is 14.5 Å². The number of hydrogen-bond acceptors (Lipinski definition) is 8. The van der Waals surface area contributed by atoms with E-state index in [1.165, 1.54) is 12.1 Å². The lowest BCUT2D eigenvalue weighted by molar-refractivity contribution is -0.385. The predicted molar refractivity (Wildman–Crippen MR) is 125 cm³/mol. The van der Waals surface area contributed by atoms with Gasteiger partial charge in [-0.25, -0.2) is 4.98 Å². The van der Waals surface area contributed by atoms with Gasteiger partial charge in [-0.2, -0.15) is 4.98 Å². The first kappa shape index (κ1) is 21.8. The van der Waals surface area contributed by atoms with Gasteiger partial charge in [-0.05, 0) is 67.7 Å². The Kier molecular flexibility index (Phi) is 6.22. The third-order valence-corrected chi connectivity index (χ3v) is 4.70. The number of benzene rings is 2. The van der Waals surface area contributed by atoms with Gasteiger partial charge in [0.25, 0.3) is 5.91 Å². The molecule has 2 N–H and O–H groups in total. The largest absolute Gasteiger partial charge is 0.487 e. The van der Waals surface area contributed by atoms with E-state index < -0.39 is 10.8 Å². The first-order valence-electron chi connectivity index (χ1n) is 9.80. The average Bonchev–Trinajstić information content (AvgIpc) is 3.24. The number of amides is 1. The number of carbonyl (C=O) groups is 1. The van der Waals surface area contributed by atoms with E-state index >= 15 is 0 Å². The molecule has 10 nitrogen and oxygen atoms in total. The summed E-state index contributed by atoms with van der Waals surface area (Å²) in [5, 5.41) is 16.7. The number of oxazole rings is 1. The van der Waals surface area contributed by atoms with Crippen molar-refractivity contribution in [3.8, 4) is 17.2 Å². The first-order chi connectivity index (χ1) is 15.9. The molecule has 0 aliphatic carbocycles. The second kappa shape index (κ2) is 9.40. The molecule has 1 amide bonds. The molecule has 0 saturated carbocycles. The lowest BCUT2D eigenvalue weighted by atomic mass is 10.1. The van der Waals surface area contributed by atoms with E-state index in [0.29, 0.717) is 22.8 Å². The molecule has 2 aromatic carbocycles. The van der Waals surface area contributed by atoms with Crippen molar-refractivity contribution in [3.05, 3.63) is 76.5 Å². The number of nitro benzene ring substituents is 1. The highest BCUT2D eigenvalue weighted by Gasteiger charge is 2.19. The molecule has 0 saturated heterocycles. The SMILES string of the molecule is CCOc1ccc(C(=O)NC(=S)Nc2ccc(-c3nc4ncccc4o3)cc2)cc1[N+](=O)[O-]. The Labute approximate surface area is 192 Å². The molecule has 0 fully saturated rings. The molecule has 11 heteroatoms. The number of carbonyl (C=O) groups excluding carboxylic acids is 1. The van der Waals surface area contributed by atoms with Crippen LogP contribution in [0, 0.1) is 10.1 Å². The lowest BCUT2D eigenvalue weighted by Gasteiger charge is -2.10. The summed E-state index contributed by atoms with van der Waals surface area (Å²) in [6.07, 6.45) is 1.64. The van der Waals surface area contributed by atoms with Crippen LogP contribution in [-0.2, 0) is 0 Å². The first-order valence-corrected chi connectivity index (χ1v) is 10.2. The van der Waals surface area contributed by atoms with Crippen molar-refractivity contribution >= 4 is 45.8 Å². The van der Waals surface area contributed by atoms with Crippen LogP contribution in [0.2, 0.25) is 0 Å². The summed E-state index contributed by atoms with van der Waals surface area (Å²) in [7, 11) is 0. The summed E-state index contributed by atoms with van der Waals surface area (Å²) in [5.74, 6) is -0.0629. The molecule has 4 aromatic rings. The molecule has 0 aliphatic rings. The van der Waals surface area contributed by atoms with Crippen molar-refractivity contribution in [1.82, 2.24) is 15.3 Å². The van der Waals surface area contributed by atoms with Crippen LogP contribution < -0.4 is 15.4 Å². The van der Waals surface area contributed by atoms with Gasteiger partial charge in [-0.1, -0.05) is 0 Å². The summed E-state index contributed by atoms with van der Waals surface area (Å²) in [6.45, 7) is 1.98. The van der Waals surface area contributed by atoms with Gasteiger partial charge in [0.15, 0.2) is 22.1 Å². The summed E-state index contributed by atoms with van der Waals surface area (Å²) in [6, 6.07) is 14.6. The number of nitrogens with one attached hydrogen (secondary N) is 2. The number of thiocarbonyl (C=S) groups is 1. The van der Waals surface area contributed by atoms with E-state index in [-0.39, 0.29) is 28.7 Å². The number of aromatic nitrogens is 2. The van der Waals surface area contributed by atoms with Gasteiger partial charge >= 0.3 is 5.69 Å². The Hall–Kier alpha value is -4.38. The molecule has 4 rings (SSSR count). The molecule has 0 atom stereocenters. The number of nitrogens with zero attached hydrogens (tertiary/aromatic N) is 3. The molecular weight excluding hydrogens is 446 g/mol. The number of pyridine rings is 1. The fourth-order valence-corrected chi connectivity index (χ4v) is 3.22. The van der Waals surface area contributed by atoms with Gasteiger partial charge in [0.05, 0.1) is 11.5 Å². The number of hydrogen-bond donors (Lipinski definition) is 2. The van der Waals surface area contributed by atoms with Gasteiger partial charge in [0.1, 0.15) is 0 Å². The zero-order valence-electron chi connectivity index (χ0n) is 17.3. The zero-order chi connectivity index (χ0) is 23.4. The Bertz CT molecular complexity index is 1320. The lowest BCUT2D eigenvalue weighted by Crippen LogP contribution is -2.34. The van der Waals surface area contributed by atoms with Crippen LogP contribution in [0.15, 0.2) is 65.2 Å². The molecule has 33 heavy (non-hydrogen) atoms. The van der Waals surface area contributed by atoms with E-state index in [9.17, 15) is 14.9 Å². The Balaban J connectivity index is 1.41. The standard InChI is InChI=1S/C22H17N5O5S/c1-2-31-17-10-7-14(12-16(17)27(29)30)20(28)26-22(33)24-15-8-5-13(6-9-15)21-25-19-18(32-21)4-3-11-23-19/h3-12H,2H2,1H3,(H2,24,26,28,33). The molecule has 0 aliphatic heterocycles. The minimum absolute atomic E-state index is 0.0374. The Morgan fingerprint density at radius 2 is 2.00 bits per heavy atom. The maximum Gasteiger partial charge on any atom is 0.311 e. The van der Waals surface area contributed by atoms with Crippen molar-refractivity contribution in [2.24, 2.45) is 0 Å². The van der Waals surface area contributed by atoms with Crippen molar-refractivity contribution in [1.29, 1.82) is 0 Å². The zero-order valence-corrected chi connectivity index (χ0v) is 18.1. The minimum atomic E-state index is -0.604. The molecule has 0 unspecified atom stereocenters. The number of rotatable bonds is 6. The topological polar surface area (TPSA) is 132 Å². The second-order valence-electron chi connectivity index (χ2n) is 6.70. The molecule has 2 aromatic heterocycles. The number of nitro groups is 1. The van der Waals surface area contributed by atoms with Gasteiger partial charge in [0, 0.05) is 29.1 Å². The molecule has 2 heterocycles. The van der Waals surface area contributed by atoms with E-state index in [4.69, 9.17) is 21.4 Å². The van der Waals surface area contributed by atoms with Gasteiger partial charge in [-0.3, -0.25) is 20.2 Å². The van der Waals surface area contributed by atoms with Gasteiger partial charge in [0.2, 0.25) is 5.89 Å². The summed E-state index contributed by atoms with van der Waals surface area (Å²) < 4.78 is 10.9. The molecule has 166 valence electrons. The van der Waals surface area contributed by atoms with Crippen molar-refractivity contribution < 1.29 is 18.9 Å². The predicted octanol–water partition coefficient (Wildman–Crippen LogP) is 4.32. The monoisotopic (exact) mass is 463 g/mol. The van der Waals surface area contributed by atoms with Crippen LogP contribution in [-0.4, -0.2) is 32.5 Å². The fraction of sp³-hybridized carbons (Fsp3) is 0.0909. The van der Waals surface area contributed by atoms with Crippen molar-refractivity contribution in [3.63, 3.8) is 0 Å². The van der Waals surface area contributed by atoms with Crippen LogP contribution in [0.25, 0.3) is 22.7 Å². The third kappa shape index (κ3) is 4.93. The number of ether oxygens (including phenoxy) is 1. The Morgan fingerprint density at radius 3 is 2.70 bits per heavy atom. The second-order valence-corrected chi connectivity index (χ2v) is 7.11. The van der Waals surface area contributed by atoms with Gasteiger partial charge in [-0.15, -0.1) is 0 Å². The quantitative estimate of drug-likeness (QED) is 0.244. The molecular formula is C22H17N5O5S. The maximum atomic E-state index is 12.5. The molecule has 0 spiro atoms. The number of fused-ring (bicyclic) bond motifs is 1. The number of anilines is 1. The third-order valence-electron chi connectivity index (χ3n) is 4.50. The molecule has 0 radical (unpaired) electrons. The maximum absolute atomic E-state index is 12.5. The minimum Gasteiger partial charge on any atom is -0.487 e. The molecule has 0 bridgehead atoms. The van der Waals surface area contributed by atoms with Crippen LogP contribution in [0.1, 0.15) is 17.3 Å². The fourth-order valence-electron chi connectivity index (χ4n) is 3.01. The highest BCUT2D eigenvalue weighted by Crippen LogP contribution is 2.28. The van der Waals surface area contributed by atoms with Crippen LogP contribution in [0.5, 0.6) is 5.75 Å². The van der Waals surface area contributed by atoms with E-state index in [0.717, 1.165) is 11.6 Å². The van der Waals surface area contributed by atoms with Crippen LogP contribution >= 0.6 is 12.2 Å². The smallest absolute Gasteiger partial charge is 0.311 e. The Morgan fingerprint density at radius 1 is 1.21 bits per heavy atom. The van der Waals surface area contributed by atoms with Crippen molar-refractivity contribution in [2.45, 2.75) is 6.92 Å². The van der Waals surface area contributed by atoms with E-state index in [1.807, 2.05) is 0 Å². The average molecular weight is 463 g/mol. The highest BCUT2D eigenvalue weighted by atomic mass is 32.1. The van der Waals surface area contributed by atoms with E-state index in [2.05, 4.69) is 20.6 Å². The van der Waals surface area contributed by atoms with Crippen molar-refractivity contribution in [2.75, 3.05) is 11.9 Å². The summed E-state index contributed by atoms with van der Waals surface area (Å²) in [4.78, 5) is 31.6. The normalized spacial score (nSPS) is 10.6.